The van der Waals surface area contributed by atoms with Crippen LogP contribution in [-0.2, 0) is 9.53 Å². The lowest BCUT2D eigenvalue weighted by molar-refractivity contribution is -0.141. The minimum absolute atomic E-state index is 0.245. The van der Waals surface area contributed by atoms with Crippen LogP contribution in [0, 0.1) is 5.92 Å². The van der Waals surface area contributed by atoms with Crippen molar-refractivity contribution in [2.45, 2.75) is 57.8 Å². The number of carbonyl (C=O) groups excluding carboxylic acids is 1. The van der Waals surface area contributed by atoms with Gasteiger partial charge in [0.15, 0.2) is 0 Å². The molecule has 0 heterocycles. The van der Waals surface area contributed by atoms with Gasteiger partial charge in [-0.2, -0.15) is 0 Å². The Labute approximate surface area is 106 Å². The molecule has 0 radical (unpaired) electrons. The molecule has 3 unspecified atom stereocenters. The van der Waals surface area contributed by atoms with Crippen LogP contribution in [-0.4, -0.2) is 40.0 Å². The first-order valence-electron chi connectivity index (χ1n) is 6.09. The second-order valence-electron chi connectivity index (χ2n) is 5.69. The summed E-state index contributed by atoms with van der Waals surface area (Å²) in [5, 5.41) is 20.9. The Bertz CT molecular complexity index is 323. The van der Waals surface area contributed by atoms with Gasteiger partial charge in [0.25, 0.3) is 0 Å². The van der Waals surface area contributed by atoms with Crippen LogP contribution in [0.3, 0.4) is 0 Å². The molecule has 18 heavy (non-hydrogen) atoms. The highest BCUT2D eigenvalue weighted by Gasteiger charge is 2.36. The minimum Gasteiger partial charge on any atom is -0.480 e. The third-order valence-electron chi connectivity index (χ3n) is 2.86. The summed E-state index contributed by atoms with van der Waals surface area (Å²) in [5.74, 6) is -1.34. The second-order valence-corrected chi connectivity index (χ2v) is 5.69. The fourth-order valence-electron chi connectivity index (χ4n) is 2.11. The van der Waals surface area contributed by atoms with Gasteiger partial charge in [-0.15, -0.1) is 0 Å². The molecule has 1 fully saturated rings. The first kappa shape index (κ1) is 14.8. The van der Waals surface area contributed by atoms with Crippen LogP contribution >= 0.6 is 0 Å². The number of ether oxygens (including phenoxy) is 1. The third-order valence-corrected chi connectivity index (χ3v) is 2.86. The summed E-state index contributed by atoms with van der Waals surface area (Å²) in [5.41, 5.74) is -0.664. The van der Waals surface area contributed by atoms with E-state index >= 15 is 0 Å². The Balaban J connectivity index is 2.58. The van der Waals surface area contributed by atoms with Gasteiger partial charge in [0.1, 0.15) is 11.6 Å². The Morgan fingerprint density at radius 2 is 1.94 bits per heavy atom. The fourth-order valence-corrected chi connectivity index (χ4v) is 2.11. The third kappa shape index (κ3) is 4.52. The van der Waals surface area contributed by atoms with E-state index in [1.165, 1.54) is 0 Å². The molecule has 1 amide bonds. The number of carboxylic acids is 1. The molecule has 1 aliphatic carbocycles. The standard InChI is InChI=1S/C12H21NO5/c1-12(2,3)18-11(17)13-9(10(15)16)7-4-5-8(14)6-7/h7-9,14H,4-6H2,1-3H3,(H,13,17)(H,15,16). The van der Waals surface area contributed by atoms with E-state index in [9.17, 15) is 14.7 Å². The van der Waals surface area contributed by atoms with Crippen LogP contribution < -0.4 is 5.32 Å². The number of alkyl carbamates (subject to hydrolysis) is 1. The second kappa shape index (κ2) is 5.56. The van der Waals surface area contributed by atoms with E-state index in [2.05, 4.69) is 5.32 Å². The molecule has 3 atom stereocenters. The maximum atomic E-state index is 11.6. The first-order valence-corrected chi connectivity index (χ1v) is 6.09. The van der Waals surface area contributed by atoms with Crippen LogP contribution in [0.15, 0.2) is 0 Å². The van der Waals surface area contributed by atoms with Crippen molar-refractivity contribution in [3.8, 4) is 0 Å². The number of carboxylic acid groups (broad SMARTS) is 1. The predicted octanol–water partition coefficient (Wildman–Crippen LogP) is 1.13. The largest absolute Gasteiger partial charge is 0.480 e. The maximum Gasteiger partial charge on any atom is 0.408 e. The number of aliphatic carboxylic acids is 1. The van der Waals surface area contributed by atoms with Gasteiger partial charge in [0.05, 0.1) is 6.10 Å². The van der Waals surface area contributed by atoms with Crippen molar-refractivity contribution in [3.05, 3.63) is 0 Å². The Hall–Kier alpha value is -1.30. The Morgan fingerprint density at radius 1 is 1.33 bits per heavy atom. The molecule has 6 heteroatoms. The van der Waals surface area contributed by atoms with Crippen LogP contribution in [0.2, 0.25) is 0 Å². The summed E-state index contributed by atoms with van der Waals surface area (Å²) in [6.45, 7) is 5.13. The zero-order valence-corrected chi connectivity index (χ0v) is 11.0. The van der Waals surface area contributed by atoms with E-state index in [1.807, 2.05) is 0 Å². The molecular formula is C12H21NO5. The normalized spacial score (nSPS) is 25.6. The van der Waals surface area contributed by atoms with E-state index in [0.717, 1.165) is 0 Å². The van der Waals surface area contributed by atoms with Gasteiger partial charge in [-0.05, 0) is 46.0 Å². The number of aliphatic hydroxyl groups excluding tert-OH is 1. The van der Waals surface area contributed by atoms with Crippen LogP contribution in [0.1, 0.15) is 40.0 Å². The van der Waals surface area contributed by atoms with Crippen molar-refractivity contribution in [1.82, 2.24) is 5.32 Å². The van der Waals surface area contributed by atoms with E-state index in [-0.39, 0.29) is 5.92 Å². The summed E-state index contributed by atoms with van der Waals surface area (Å²) in [6.07, 6.45) is 0.346. The molecular weight excluding hydrogens is 238 g/mol. The molecule has 0 aromatic carbocycles. The van der Waals surface area contributed by atoms with Gasteiger partial charge in [-0.25, -0.2) is 9.59 Å². The number of aliphatic hydroxyl groups is 1. The number of hydrogen-bond acceptors (Lipinski definition) is 4. The molecule has 1 rings (SSSR count). The van der Waals surface area contributed by atoms with Crippen molar-refractivity contribution < 1.29 is 24.5 Å². The average molecular weight is 259 g/mol. The molecule has 0 aromatic heterocycles. The maximum absolute atomic E-state index is 11.6. The highest BCUT2D eigenvalue weighted by Crippen LogP contribution is 2.28. The van der Waals surface area contributed by atoms with Crippen LogP contribution in [0.5, 0.6) is 0 Å². The molecule has 6 nitrogen and oxygen atoms in total. The number of hydrogen-bond donors (Lipinski definition) is 3. The molecule has 0 saturated heterocycles. The molecule has 0 aliphatic heterocycles. The summed E-state index contributed by atoms with van der Waals surface area (Å²) < 4.78 is 5.03. The van der Waals surface area contributed by atoms with Crippen molar-refractivity contribution in [2.75, 3.05) is 0 Å². The van der Waals surface area contributed by atoms with E-state index in [0.29, 0.717) is 19.3 Å². The lowest BCUT2D eigenvalue weighted by Crippen LogP contribution is -2.47. The van der Waals surface area contributed by atoms with Gasteiger partial charge < -0.3 is 20.3 Å². The summed E-state index contributed by atoms with van der Waals surface area (Å²) in [6, 6.07) is -1.00. The molecule has 1 aliphatic rings. The zero-order valence-electron chi connectivity index (χ0n) is 11.0. The lowest BCUT2D eigenvalue weighted by atomic mass is 9.98. The topological polar surface area (TPSA) is 95.9 Å². The van der Waals surface area contributed by atoms with Crippen molar-refractivity contribution in [2.24, 2.45) is 5.92 Å². The molecule has 0 aromatic rings. The van der Waals surface area contributed by atoms with Gasteiger partial charge in [-0.1, -0.05) is 0 Å². The van der Waals surface area contributed by atoms with Crippen molar-refractivity contribution in [3.63, 3.8) is 0 Å². The molecule has 0 spiro atoms. The Morgan fingerprint density at radius 3 is 2.33 bits per heavy atom. The van der Waals surface area contributed by atoms with Gasteiger partial charge in [0.2, 0.25) is 0 Å². The van der Waals surface area contributed by atoms with Crippen LogP contribution in [0.4, 0.5) is 4.79 Å². The van der Waals surface area contributed by atoms with Crippen LogP contribution in [0.25, 0.3) is 0 Å². The highest BCUT2D eigenvalue weighted by atomic mass is 16.6. The molecule has 3 N–H and O–H groups in total. The number of nitrogens with one attached hydrogen (secondary N) is 1. The van der Waals surface area contributed by atoms with Gasteiger partial charge in [-0.3, -0.25) is 0 Å². The number of amides is 1. The summed E-state index contributed by atoms with van der Waals surface area (Å²) in [4.78, 5) is 22.7. The van der Waals surface area contributed by atoms with E-state index < -0.39 is 29.8 Å². The quantitative estimate of drug-likeness (QED) is 0.706. The fraction of sp³-hybridized carbons (Fsp3) is 0.833. The van der Waals surface area contributed by atoms with E-state index in [1.54, 1.807) is 20.8 Å². The SMILES string of the molecule is CC(C)(C)OC(=O)NC(C(=O)O)C1CCC(O)C1. The average Bonchev–Trinajstić information content (AvgIpc) is 2.57. The predicted molar refractivity (Wildman–Crippen MR) is 64.1 cm³/mol. The molecule has 104 valence electrons. The first-order chi connectivity index (χ1) is 8.19. The van der Waals surface area contributed by atoms with Gasteiger partial charge in [0, 0.05) is 0 Å². The minimum atomic E-state index is -1.10. The number of carbonyl (C=O) groups is 2. The molecule has 0 bridgehead atoms. The monoisotopic (exact) mass is 259 g/mol. The number of rotatable bonds is 3. The Kier molecular flexibility index (Phi) is 4.56. The van der Waals surface area contributed by atoms with Crippen molar-refractivity contribution >= 4 is 12.1 Å². The highest BCUT2D eigenvalue weighted by molar-refractivity contribution is 5.80. The smallest absolute Gasteiger partial charge is 0.408 e. The van der Waals surface area contributed by atoms with Gasteiger partial charge >= 0.3 is 12.1 Å². The summed E-state index contributed by atoms with van der Waals surface area (Å²) in [7, 11) is 0. The molecule has 1 saturated carbocycles. The summed E-state index contributed by atoms with van der Waals surface area (Å²) >= 11 is 0. The van der Waals surface area contributed by atoms with E-state index in [4.69, 9.17) is 9.84 Å². The zero-order chi connectivity index (χ0) is 13.9. The van der Waals surface area contributed by atoms with Crippen molar-refractivity contribution in [1.29, 1.82) is 0 Å². The lowest BCUT2D eigenvalue weighted by Gasteiger charge is -2.24.